The summed E-state index contributed by atoms with van der Waals surface area (Å²) in [6.45, 7) is 7.36. The fourth-order valence-corrected chi connectivity index (χ4v) is 3.98. The summed E-state index contributed by atoms with van der Waals surface area (Å²) in [6.07, 6.45) is -0.235. The van der Waals surface area contributed by atoms with Crippen LogP contribution in [0.3, 0.4) is 0 Å². The van der Waals surface area contributed by atoms with Crippen molar-refractivity contribution in [1.29, 1.82) is 0 Å². The van der Waals surface area contributed by atoms with Crippen molar-refractivity contribution in [2.45, 2.75) is 33.8 Å². The largest absolute Gasteiger partial charge is 0.459 e. The molecule has 1 aliphatic rings. The lowest BCUT2D eigenvalue weighted by atomic mass is 10.1. The molecule has 3 aromatic carbocycles. The third-order valence-electron chi connectivity index (χ3n) is 5.89. The normalized spacial score (nSPS) is 13.3. The Morgan fingerprint density at radius 2 is 1.55 bits per heavy atom. The summed E-state index contributed by atoms with van der Waals surface area (Å²) >= 11 is 6.25. The zero-order chi connectivity index (χ0) is 27.6. The lowest BCUT2D eigenvalue weighted by molar-refractivity contribution is -0.120. The molecule has 0 spiro atoms. The van der Waals surface area contributed by atoms with E-state index in [9.17, 15) is 19.2 Å². The average molecular weight is 532 g/mol. The van der Waals surface area contributed by atoms with Crippen LogP contribution >= 0.6 is 11.6 Å². The van der Waals surface area contributed by atoms with Gasteiger partial charge in [0.1, 0.15) is 10.7 Å². The van der Waals surface area contributed by atoms with Gasteiger partial charge in [-0.1, -0.05) is 23.7 Å². The lowest BCUT2D eigenvalue weighted by Gasteiger charge is -2.16. The first-order valence-electron chi connectivity index (χ1n) is 11.9. The summed E-state index contributed by atoms with van der Waals surface area (Å²) in [5.41, 5.74) is 3.89. The molecule has 0 saturated heterocycles. The Balaban J connectivity index is 1.47. The predicted molar refractivity (Wildman–Crippen MR) is 146 cm³/mol. The van der Waals surface area contributed by atoms with E-state index < -0.39 is 23.7 Å². The summed E-state index contributed by atoms with van der Waals surface area (Å²) in [6, 6.07) is 18.0. The van der Waals surface area contributed by atoms with Gasteiger partial charge in [0.25, 0.3) is 17.7 Å². The second-order valence-electron chi connectivity index (χ2n) is 9.09. The number of hydrogen-bond donors (Lipinski definition) is 2. The Labute approximate surface area is 225 Å². The minimum absolute atomic E-state index is 0.0728. The van der Waals surface area contributed by atoms with E-state index in [0.29, 0.717) is 28.2 Å². The second kappa shape index (κ2) is 10.9. The summed E-state index contributed by atoms with van der Waals surface area (Å²) < 4.78 is 5.16. The van der Waals surface area contributed by atoms with Crippen molar-refractivity contribution in [3.63, 3.8) is 0 Å². The minimum atomic E-state index is -0.628. The van der Waals surface area contributed by atoms with Crippen molar-refractivity contribution in [3.8, 4) is 0 Å². The Kier molecular flexibility index (Phi) is 7.64. The third kappa shape index (κ3) is 5.60. The van der Waals surface area contributed by atoms with E-state index in [0.717, 1.165) is 16.0 Å². The predicted octanol–water partition coefficient (Wildman–Crippen LogP) is 5.56. The SMILES string of the molecule is Cc1ccc(N2C(=O)C(Cl)=C(Nc3cccc(C(=O)Nc4ccc(C(=O)OC(C)C)cc4)c3)C2=O)cc1C. The van der Waals surface area contributed by atoms with Crippen molar-refractivity contribution in [2.24, 2.45) is 0 Å². The van der Waals surface area contributed by atoms with Crippen LogP contribution in [-0.4, -0.2) is 29.8 Å². The van der Waals surface area contributed by atoms with Crippen molar-refractivity contribution >= 4 is 52.4 Å². The van der Waals surface area contributed by atoms with Gasteiger partial charge < -0.3 is 15.4 Å². The molecule has 1 aliphatic heterocycles. The fourth-order valence-electron chi connectivity index (χ4n) is 3.77. The number of rotatable bonds is 7. The third-order valence-corrected chi connectivity index (χ3v) is 6.24. The van der Waals surface area contributed by atoms with Gasteiger partial charge in [-0.15, -0.1) is 0 Å². The monoisotopic (exact) mass is 531 g/mol. The van der Waals surface area contributed by atoms with Gasteiger partial charge in [-0.25, -0.2) is 9.69 Å². The Morgan fingerprint density at radius 3 is 2.21 bits per heavy atom. The van der Waals surface area contributed by atoms with Crippen molar-refractivity contribution in [3.05, 3.63) is 99.7 Å². The molecule has 4 rings (SSSR count). The van der Waals surface area contributed by atoms with Gasteiger partial charge in [0.15, 0.2) is 0 Å². The average Bonchev–Trinajstić information content (AvgIpc) is 3.09. The Hall–Kier alpha value is -4.43. The number of carbonyl (C=O) groups excluding carboxylic acids is 4. The highest BCUT2D eigenvalue weighted by Crippen LogP contribution is 2.31. The van der Waals surface area contributed by atoms with Crippen molar-refractivity contribution in [2.75, 3.05) is 15.5 Å². The number of aryl methyl sites for hydroxylation is 2. The van der Waals surface area contributed by atoms with Crippen molar-refractivity contribution in [1.82, 2.24) is 0 Å². The van der Waals surface area contributed by atoms with Crippen LogP contribution in [0.1, 0.15) is 45.7 Å². The van der Waals surface area contributed by atoms with Crippen LogP contribution in [0, 0.1) is 13.8 Å². The van der Waals surface area contributed by atoms with Crippen LogP contribution in [-0.2, 0) is 14.3 Å². The zero-order valence-electron chi connectivity index (χ0n) is 21.3. The van der Waals surface area contributed by atoms with Gasteiger partial charge in [0.05, 0.1) is 17.4 Å². The van der Waals surface area contributed by atoms with Gasteiger partial charge in [-0.2, -0.15) is 0 Å². The molecule has 0 aromatic heterocycles. The maximum Gasteiger partial charge on any atom is 0.338 e. The number of halogens is 1. The van der Waals surface area contributed by atoms with Crippen LogP contribution in [0.5, 0.6) is 0 Å². The molecular weight excluding hydrogens is 506 g/mol. The molecule has 0 fully saturated rings. The van der Waals surface area contributed by atoms with Crippen LogP contribution in [0.25, 0.3) is 0 Å². The van der Waals surface area contributed by atoms with E-state index in [1.165, 1.54) is 6.07 Å². The molecule has 0 radical (unpaired) electrons. The van der Waals surface area contributed by atoms with E-state index in [1.54, 1.807) is 68.4 Å². The van der Waals surface area contributed by atoms with E-state index >= 15 is 0 Å². The van der Waals surface area contributed by atoms with Gasteiger partial charge in [0, 0.05) is 16.9 Å². The standard InChI is InChI=1S/C29H26ClN3O5/c1-16(2)38-29(37)19-9-11-21(12-10-19)32-26(34)20-6-5-7-22(15-20)31-25-24(30)27(35)33(28(25)36)23-13-8-17(3)18(4)14-23/h5-16,31H,1-4H3,(H,32,34). The number of benzene rings is 3. The first kappa shape index (κ1) is 26.6. The topological polar surface area (TPSA) is 105 Å². The zero-order valence-corrected chi connectivity index (χ0v) is 22.1. The number of nitrogens with one attached hydrogen (secondary N) is 2. The van der Waals surface area contributed by atoms with Gasteiger partial charge >= 0.3 is 5.97 Å². The Bertz CT molecular complexity index is 1480. The molecule has 0 bridgehead atoms. The number of imide groups is 1. The number of esters is 1. The molecule has 2 N–H and O–H groups in total. The molecule has 1 heterocycles. The van der Waals surface area contributed by atoms with E-state index in [-0.39, 0.29) is 16.8 Å². The number of ether oxygens (including phenoxy) is 1. The lowest BCUT2D eigenvalue weighted by Crippen LogP contribution is -2.32. The minimum Gasteiger partial charge on any atom is -0.459 e. The van der Waals surface area contributed by atoms with Crippen molar-refractivity contribution < 1.29 is 23.9 Å². The summed E-state index contributed by atoms with van der Waals surface area (Å²) in [5, 5.41) is 5.42. The molecule has 3 aromatic rings. The van der Waals surface area contributed by atoms with E-state index in [4.69, 9.17) is 16.3 Å². The molecule has 38 heavy (non-hydrogen) atoms. The maximum absolute atomic E-state index is 13.1. The molecule has 0 saturated carbocycles. The molecule has 0 aliphatic carbocycles. The van der Waals surface area contributed by atoms with Gasteiger partial charge in [-0.05, 0) is 93.4 Å². The highest BCUT2D eigenvalue weighted by atomic mass is 35.5. The van der Waals surface area contributed by atoms with Crippen LogP contribution in [0.15, 0.2) is 77.5 Å². The maximum atomic E-state index is 13.1. The number of hydrogen-bond acceptors (Lipinski definition) is 6. The number of amides is 3. The smallest absolute Gasteiger partial charge is 0.338 e. The summed E-state index contributed by atoms with van der Waals surface area (Å²) in [5.74, 6) is -2.07. The molecule has 8 nitrogen and oxygen atoms in total. The summed E-state index contributed by atoms with van der Waals surface area (Å²) in [4.78, 5) is 51.8. The molecule has 9 heteroatoms. The highest BCUT2D eigenvalue weighted by molar-refractivity contribution is 6.53. The molecule has 0 atom stereocenters. The van der Waals surface area contributed by atoms with E-state index in [1.807, 2.05) is 19.9 Å². The fraction of sp³-hybridized carbons (Fsp3) is 0.172. The number of anilines is 3. The molecule has 3 amide bonds. The van der Waals surface area contributed by atoms with Crippen LogP contribution < -0.4 is 15.5 Å². The second-order valence-corrected chi connectivity index (χ2v) is 9.47. The first-order valence-corrected chi connectivity index (χ1v) is 12.3. The van der Waals surface area contributed by atoms with E-state index in [2.05, 4.69) is 10.6 Å². The number of carbonyl (C=O) groups is 4. The first-order chi connectivity index (χ1) is 18.0. The highest BCUT2D eigenvalue weighted by Gasteiger charge is 2.39. The molecular formula is C29H26ClN3O5. The van der Waals surface area contributed by atoms with Gasteiger partial charge in [0.2, 0.25) is 0 Å². The van der Waals surface area contributed by atoms with Gasteiger partial charge in [-0.3, -0.25) is 14.4 Å². The summed E-state index contributed by atoms with van der Waals surface area (Å²) in [7, 11) is 0. The number of nitrogens with zero attached hydrogens (tertiary/aromatic N) is 1. The Morgan fingerprint density at radius 1 is 0.842 bits per heavy atom. The van der Waals surface area contributed by atoms with Crippen LogP contribution in [0.4, 0.5) is 17.1 Å². The van der Waals surface area contributed by atoms with Crippen LogP contribution in [0.2, 0.25) is 0 Å². The molecule has 0 unspecified atom stereocenters. The quantitative estimate of drug-likeness (QED) is 0.305. The molecule has 194 valence electrons.